The van der Waals surface area contributed by atoms with Gasteiger partial charge in [-0.25, -0.2) is 8.42 Å². The van der Waals surface area contributed by atoms with Crippen LogP contribution < -0.4 is 5.32 Å². The van der Waals surface area contributed by atoms with Crippen molar-refractivity contribution in [2.24, 2.45) is 0 Å². The number of rotatable bonds is 5. The van der Waals surface area contributed by atoms with Crippen LogP contribution in [0.4, 0.5) is 0 Å². The van der Waals surface area contributed by atoms with Crippen molar-refractivity contribution < 1.29 is 22.4 Å². The average Bonchev–Trinajstić information content (AvgIpc) is 3.34. The van der Waals surface area contributed by atoms with E-state index in [0.717, 1.165) is 23.8 Å². The zero-order valence-electron chi connectivity index (χ0n) is 16.2. The minimum Gasteiger partial charge on any atom is -0.449 e. The molecular formula is C21H21N3O5S. The van der Waals surface area contributed by atoms with Gasteiger partial charge in [-0.15, -0.1) is 0 Å². The van der Waals surface area contributed by atoms with E-state index in [9.17, 15) is 13.2 Å². The first-order valence-corrected chi connectivity index (χ1v) is 11.3. The number of aromatic nitrogens is 1. The zero-order chi connectivity index (χ0) is 20.7. The minimum absolute atomic E-state index is 0.00189. The molecule has 5 rings (SSSR count). The van der Waals surface area contributed by atoms with E-state index in [1.165, 1.54) is 4.31 Å². The van der Waals surface area contributed by atoms with Gasteiger partial charge in [0, 0.05) is 31.2 Å². The number of carbonyl (C=O) groups excluding carboxylic acids is 1. The van der Waals surface area contributed by atoms with Crippen LogP contribution in [-0.4, -0.2) is 48.9 Å². The maximum absolute atomic E-state index is 12.9. The van der Waals surface area contributed by atoms with Crippen molar-refractivity contribution in [2.45, 2.75) is 36.5 Å². The molecule has 0 saturated carbocycles. The second-order valence-electron chi connectivity index (χ2n) is 7.63. The summed E-state index contributed by atoms with van der Waals surface area (Å²) < 4.78 is 38.6. The zero-order valence-corrected chi connectivity index (χ0v) is 17.0. The third kappa shape index (κ3) is 3.60. The second kappa shape index (κ2) is 7.50. The topological polar surface area (TPSA) is 102 Å². The molecule has 2 aliphatic rings. The van der Waals surface area contributed by atoms with E-state index in [1.807, 2.05) is 0 Å². The summed E-state index contributed by atoms with van der Waals surface area (Å²) in [4.78, 5) is 16.6. The van der Waals surface area contributed by atoms with Crippen LogP contribution in [0.25, 0.3) is 11.0 Å². The molecule has 4 heterocycles. The first-order valence-electron chi connectivity index (χ1n) is 9.85. The Morgan fingerprint density at radius 1 is 1.13 bits per heavy atom. The number of nitrogens with zero attached hydrogens (tertiary/aromatic N) is 2. The number of fused-ring (bicyclic) bond motifs is 3. The second-order valence-corrected chi connectivity index (χ2v) is 9.57. The molecule has 0 radical (unpaired) electrons. The molecule has 30 heavy (non-hydrogen) atoms. The van der Waals surface area contributed by atoms with Crippen molar-refractivity contribution >= 4 is 26.9 Å². The van der Waals surface area contributed by atoms with Gasteiger partial charge < -0.3 is 14.5 Å². The number of sulfonamides is 1. The predicted molar refractivity (Wildman–Crippen MR) is 108 cm³/mol. The average molecular weight is 427 g/mol. The van der Waals surface area contributed by atoms with Crippen molar-refractivity contribution in [3.8, 4) is 0 Å². The maximum Gasteiger partial charge on any atom is 0.287 e. The van der Waals surface area contributed by atoms with Gasteiger partial charge in [0.2, 0.25) is 10.0 Å². The summed E-state index contributed by atoms with van der Waals surface area (Å²) in [6.07, 6.45) is 5.03. The largest absolute Gasteiger partial charge is 0.449 e. The molecule has 0 spiro atoms. The quantitative estimate of drug-likeness (QED) is 0.671. The lowest BCUT2D eigenvalue weighted by molar-refractivity contribution is -0.0114. The van der Waals surface area contributed by atoms with Crippen LogP contribution in [0.15, 0.2) is 58.1 Å². The summed E-state index contributed by atoms with van der Waals surface area (Å²) in [5.74, 6) is -0.133. The fraction of sp³-hybridized carbons (Fsp3) is 0.333. The van der Waals surface area contributed by atoms with Gasteiger partial charge in [0.1, 0.15) is 0 Å². The first-order chi connectivity index (χ1) is 14.5. The van der Waals surface area contributed by atoms with E-state index in [0.29, 0.717) is 18.7 Å². The van der Waals surface area contributed by atoms with Gasteiger partial charge in [-0.05, 0) is 42.7 Å². The van der Waals surface area contributed by atoms with E-state index < -0.39 is 10.0 Å². The van der Waals surface area contributed by atoms with E-state index >= 15 is 0 Å². The molecule has 1 N–H and O–H groups in total. The molecule has 1 amide bonds. The molecule has 2 atom stereocenters. The van der Waals surface area contributed by atoms with Crippen LogP contribution in [0.1, 0.15) is 29.0 Å². The highest BCUT2D eigenvalue weighted by atomic mass is 32.2. The standard InChI is InChI=1S/C21H21N3O5S/c25-21(19-9-15-7-8-22-11-20(15)29-19)23-10-14-1-5-18(6-2-14)30(26,27)24-12-16-3-4-17(13-24)28-16/h1-2,5-9,11,16-17H,3-4,10,12-13H2,(H,23,25). The Kier molecular flexibility index (Phi) is 4.80. The molecule has 156 valence electrons. The van der Waals surface area contributed by atoms with Gasteiger partial charge in [0.15, 0.2) is 11.3 Å². The summed E-state index contributed by atoms with van der Waals surface area (Å²) in [5.41, 5.74) is 1.34. The Balaban J connectivity index is 1.24. The summed E-state index contributed by atoms with van der Waals surface area (Å²) >= 11 is 0. The van der Waals surface area contributed by atoms with E-state index in [-0.39, 0.29) is 35.3 Å². The highest BCUT2D eigenvalue weighted by Gasteiger charge is 2.39. The van der Waals surface area contributed by atoms with E-state index in [2.05, 4.69) is 10.3 Å². The Hall–Kier alpha value is -2.75. The van der Waals surface area contributed by atoms with Gasteiger partial charge in [-0.1, -0.05) is 12.1 Å². The first kappa shape index (κ1) is 19.2. The number of amides is 1. The molecule has 2 fully saturated rings. The van der Waals surface area contributed by atoms with Crippen molar-refractivity contribution in [3.05, 3.63) is 60.1 Å². The molecular weight excluding hydrogens is 406 g/mol. The molecule has 8 nitrogen and oxygen atoms in total. The van der Waals surface area contributed by atoms with Gasteiger partial charge >= 0.3 is 0 Å². The van der Waals surface area contributed by atoms with E-state index in [1.54, 1.807) is 48.8 Å². The maximum atomic E-state index is 12.9. The minimum atomic E-state index is -3.55. The molecule has 2 bridgehead atoms. The molecule has 0 aliphatic carbocycles. The normalized spacial score (nSPS) is 21.7. The van der Waals surface area contributed by atoms with Crippen LogP contribution in [0.3, 0.4) is 0 Å². The number of ether oxygens (including phenoxy) is 1. The van der Waals surface area contributed by atoms with Crippen molar-refractivity contribution in [1.29, 1.82) is 0 Å². The Labute approximate surface area is 173 Å². The lowest BCUT2D eigenvalue weighted by Crippen LogP contribution is -2.45. The summed E-state index contributed by atoms with van der Waals surface area (Å²) in [5, 5.41) is 3.59. The highest BCUT2D eigenvalue weighted by Crippen LogP contribution is 2.30. The number of pyridine rings is 1. The van der Waals surface area contributed by atoms with Crippen LogP contribution in [0, 0.1) is 0 Å². The third-order valence-electron chi connectivity index (χ3n) is 5.57. The van der Waals surface area contributed by atoms with Crippen LogP contribution in [0.2, 0.25) is 0 Å². The number of carbonyl (C=O) groups is 1. The number of nitrogens with one attached hydrogen (secondary N) is 1. The molecule has 2 aromatic heterocycles. The Morgan fingerprint density at radius 3 is 2.57 bits per heavy atom. The number of hydrogen-bond donors (Lipinski definition) is 1. The van der Waals surface area contributed by atoms with Crippen LogP contribution >= 0.6 is 0 Å². The molecule has 3 aromatic rings. The number of benzene rings is 1. The van der Waals surface area contributed by atoms with Crippen molar-refractivity contribution in [1.82, 2.24) is 14.6 Å². The summed E-state index contributed by atoms with van der Waals surface area (Å²) in [6, 6.07) is 10.0. The molecule has 9 heteroatoms. The number of hydrogen-bond acceptors (Lipinski definition) is 6. The third-order valence-corrected chi connectivity index (χ3v) is 7.42. The van der Waals surface area contributed by atoms with Crippen LogP contribution in [0.5, 0.6) is 0 Å². The Bertz CT molecular complexity index is 1140. The summed E-state index contributed by atoms with van der Waals surface area (Å²) in [7, 11) is -3.55. The molecule has 2 aliphatic heterocycles. The molecule has 1 aromatic carbocycles. The predicted octanol–water partition coefficient (Wildman–Crippen LogP) is 2.31. The molecule has 2 unspecified atom stereocenters. The number of furan rings is 1. The Morgan fingerprint density at radius 2 is 1.87 bits per heavy atom. The lowest BCUT2D eigenvalue weighted by Gasteiger charge is -2.31. The van der Waals surface area contributed by atoms with Gasteiger partial charge in [0.25, 0.3) is 5.91 Å². The smallest absolute Gasteiger partial charge is 0.287 e. The fourth-order valence-electron chi connectivity index (χ4n) is 3.97. The lowest BCUT2D eigenvalue weighted by atomic mass is 10.2. The van der Waals surface area contributed by atoms with Gasteiger partial charge in [-0.3, -0.25) is 9.78 Å². The SMILES string of the molecule is O=C(NCc1ccc(S(=O)(=O)N2CC3CCC(C2)O3)cc1)c1cc2ccncc2o1. The highest BCUT2D eigenvalue weighted by molar-refractivity contribution is 7.89. The fourth-order valence-corrected chi connectivity index (χ4v) is 5.47. The van der Waals surface area contributed by atoms with Crippen molar-refractivity contribution in [2.75, 3.05) is 13.1 Å². The van der Waals surface area contributed by atoms with E-state index in [4.69, 9.17) is 9.15 Å². The van der Waals surface area contributed by atoms with Gasteiger partial charge in [-0.2, -0.15) is 4.31 Å². The van der Waals surface area contributed by atoms with Crippen LogP contribution in [-0.2, 0) is 21.3 Å². The number of morpholine rings is 1. The monoisotopic (exact) mass is 427 g/mol. The van der Waals surface area contributed by atoms with Gasteiger partial charge in [0.05, 0.1) is 23.3 Å². The van der Waals surface area contributed by atoms with Crippen molar-refractivity contribution in [3.63, 3.8) is 0 Å². The molecule has 2 saturated heterocycles. The summed E-state index contributed by atoms with van der Waals surface area (Å²) in [6.45, 7) is 1.07.